The number of likely N-dealkylation sites (N-methyl/N-ethyl adjacent to an activating group) is 1. The molecule has 0 saturated carbocycles. The number of aryl methyl sites for hydroxylation is 1. The maximum absolute atomic E-state index is 11.7. The van der Waals surface area contributed by atoms with E-state index >= 15 is 0 Å². The molecule has 1 unspecified atom stereocenters. The number of rotatable bonds is 6. The van der Waals surface area contributed by atoms with E-state index in [1.54, 1.807) is 24.0 Å². The molecule has 1 heterocycles. The zero-order valence-corrected chi connectivity index (χ0v) is 10.9. The predicted molar refractivity (Wildman–Crippen MR) is 67.8 cm³/mol. The Bertz CT molecular complexity index is 414. The van der Waals surface area contributed by atoms with Gasteiger partial charge in [-0.2, -0.15) is 5.10 Å². The van der Waals surface area contributed by atoms with E-state index < -0.39 is 6.10 Å². The van der Waals surface area contributed by atoms with Gasteiger partial charge in [0.15, 0.2) is 0 Å². The second-order valence-electron chi connectivity index (χ2n) is 4.11. The van der Waals surface area contributed by atoms with Crippen LogP contribution in [0, 0.1) is 0 Å². The van der Waals surface area contributed by atoms with Crippen LogP contribution in [0.25, 0.3) is 6.08 Å². The first-order valence-corrected chi connectivity index (χ1v) is 5.61. The monoisotopic (exact) mass is 253 g/mol. The van der Waals surface area contributed by atoms with Crippen LogP contribution < -0.4 is 0 Å². The lowest BCUT2D eigenvalue weighted by Crippen LogP contribution is -2.35. The highest BCUT2D eigenvalue weighted by molar-refractivity contribution is 5.91. The van der Waals surface area contributed by atoms with Gasteiger partial charge in [0.05, 0.1) is 18.9 Å². The SMILES string of the molecule is COCC(O)CN(C)C(=O)C=Cc1cnn(C)c1. The van der Waals surface area contributed by atoms with Crippen molar-refractivity contribution in [3.05, 3.63) is 24.0 Å². The molecule has 1 atom stereocenters. The molecular weight excluding hydrogens is 234 g/mol. The number of hydrogen-bond acceptors (Lipinski definition) is 4. The Morgan fingerprint density at radius 3 is 3.00 bits per heavy atom. The molecule has 0 aliphatic carbocycles. The zero-order chi connectivity index (χ0) is 13.5. The number of nitrogens with zero attached hydrogens (tertiary/aromatic N) is 3. The number of carbonyl (C=O) groups is 1. The van der Waals surface area contributed by atoms with Gasteiger partial charge >= 0.3 is 0 Å². The minimum atomic E-state index is -0.671. The first kappa shape index (κ1) is 14.4. The van der Waals surface area contributed by atoms with Crippen LogP contribution in [0.4, 0.5) is 0 Å². The number of amides is 1. The van der Waals surface area contributed by atoms with Gasteiger partial charge in [-0.15, -0.1) is 0 Å². The smallest absolute Gasteiger partial charge is 0.246 e. The largest absolute Gasteiger partial charge is 0.389 e. The molecule has 0 saturated heterocycles. The number of ether oxygens (including phenoxy) is 1. The summed E-state index contributed by atoms with van der Waals surface area (Å²) in [5.41, 5.74) is 0.858. The van der Waals surface area contributed by atoms with Gasteiger partial charge in [-0.3, -0.25) is 9.48 Å². The molecule has 0 spiro atoms. The van der Waals surface area contributed by atoms with Crippen LogP contribution in [0.15, 0.2) is 18.5 Å². The van der Waals surface area contributed by atoms with E-state index in [2.05, 4.69) is 5.10 Å². The molecule has 1 aromatic rings. The second kappa shape index (κ2) is 6.93. The Morgan fingerprint density at radius 1 is 1.72 bits per heavy atom. The van der Waals surface area contributed by atoms with Crippen molar-refractivity contribution in [1.29, 1.82) is 0 Å². The fourth-order valence-electron chi connectivity index (χ4n) is 1.47. The average Bonchev–Trinajstić information content (AvgIpc) is 2.72. The van der Waals surface area contributed by atoms with Crippen LogP contribution in [-0.2, 0) is 16.6 Å². The third kappa shape index (κ3) is 4.68. The lowest BCUT2D eigenvalue weighted by Gasteiger charge is -2.18. The van der Waals surface area contributed by atoms with Gasteiger partial charge < -0.3 is 14.7 Å². The van der Waals surface area contributed by atoms with Crippen LogP contribution in [0.3, 0.4) is 0 Å². The minimum Gasteiger partial charge on any atom is -0.389 e. The van der Waals surface area contributed by atoms with Crippen LogP contribution in [0.1, 0.15) is 5.56 Å². The Labute approximate surface area is 106 Å². The lowest BCUT2D eigenvalue weighted by atomic mass is 10.3. The first-order valence-electron chi connectivity index (χ1n) is 5.61. The molecule has 1 amide bonds. The van der Waals surface area contributed by atoms with Crippen molar-refractivity contribution in [1.82, 2.24) is 14.7 Å². The van der Waals surface area contributed by atoms with Crippen LogP contribution >= 0.6 is 0 Å². The zero-order valence-electron chi connectivity index (χ0n) is 10.9. The highest BCUT2D eigenvalue weighted by atomic mass is 16.5. The fourth-order valence-corrected chi connectivity index (χ4v) is 1.47. The number of methoxy groups -OCH3 is 1. The van der Waals surface area contributed by atoms with Crippen molar-refractivity contribution in [3.63, 3.8) is 0 Å². The van der Waals surface area contributed by atoms with Gasteiger partial charge in [0.1, 0.15) is 0 Å². The molecule has 0 fully saturated rings. The van der Waals surface area contributed by atoms with Crippen LogP contribution in [-0.4, -0.2) is 59.1 Å². The highest BCUT2D eigenvalue weighted by Gasteiger charge is 2.11. The van der Waals surface area contributed by atoms with Crippen molar-refractivity contribution in [2.45, 2.75) is 6.10 Å². The second-order valence-corrected chi connectivity index (χ2v) is 4.11. The summed E-state index contributed by atoms with van der Waals surface area (Å²) < 4.78 is 6.46. The minimum absolute atomic E-state index is 0.172. The molecule has 6 nitrogen and oxygen atoms in total. The first-order chi connectivity index (χ1) is 8.52. The van der Waals surface area contributed by atoms with E-state index in [-0.39, 0.29) is 19.1 Å². The summed E-state index contributed by atoms with van der Waals surface area (Å²) in [5, 5.41) is 13.5. The van der Waals surface area contributed by atoms with E-state index in [0.29, 0.717) is 0 Å². The Morgan fingerprint density at radius 2 is 2.44 bits per heavy atom. The molecule has 0 radical (unpaired) electrons. The Kier molecular flexibility index (Phi) is 5.54. The van der Waals surface area contributed by atoms with Crippen molar-refractivity contribution >= 4 is 12.0 Å². The molecule has 0 aliphatic heterocycles. The summed E-state index contributed by atoms with van der Waals surface area (Å²) in [7, 11) is 4.95. The molecule has 0 aromatic carbocycles. The van der Waals surface area contributed by atoms with E-state index in [9.17, 15) is 9.90 Å². The highest BCUT2D eigenvalue weighted by Crippen LogP contribution is 2.00. The Hall–Kier alpha value is -1.66. The molecule has 1 rings (SSSR count). The fraction of sp³-hybridized carbons (Fsp3) is 0.500. The van der Waals surface area contributed by atoms with Crippen molar-refractivity contribution in [2.75, 3.05) is 27.3 Å². The standard InChI is InChI=1S/C12H19N3O3/c1-14(8-11(16)9-18-3)12(17)5-4-10-6-13-15(2)7-10/h4-7,11,16H,8-9H2,1-3H3. The van der Waals surface area contributed by atoms with E-state index in [4.69, 9.17) is 4.74 Å². The van der Waals surface area contributed by atoms with Gasteiger partial charge in [0.25, 0.3) is 0 Å². The van der Waals surface area contributed by atoms with Gasteiger partial charge in [0, 0.05) is 45.6 Å². The van der Waals surface area contributed by atoms with Crippen molar-refractivity contribution in [3.8, 4) is 0 Å². The van der Waals surface area contributed by atoms with E-state index in [0.717, 1.165) is 5.56 Å². The van der Waals surface area contributed by atoms with Crippen LogP contribution in [0.5, 0.6) is 0 Å². The summed E-state index contributed by atoms with van der Waals surface area (Å²) in [5.74, 6) is -0.172. The average molecular weight is 253 g/mol. The van der Waals surface area contributed by atoms with Crippen molar-refractivity contribution < 1.29 is 14.6 Å². The summed E-state index contributed by atoms with van der Waals surface area (Å²) in [4.78, 5) is 13.2. The number of aliphatic hydroxyl groups excluding tert-OH is 1. The molecule has 0 bridgehead atoms. The van der Waals surface area contributed by atoms with Gasteiger partial charge in [-0.1, -0.05) is 0 Å². The normalized spacial score (nSPS) is 12.9. The Balaban J connectivity index is 2.46. The summed E-state index contributed by atoms with van der Waals surface area (Å²) in [6.45, 7) is 0.452. The van der Waals surface area contributed by atoms with Gasteiger partial charge in [-0.25, -0.2) is 0 Å². The number of aliphatic hydroxyl groups is 1. The lowest BCUT2D eigenvalue weighted by molar-refractivity contribution is -0.126. The molecule has 1 aromatic heterocycles. The van der Waals surface area contributed by atoms with Crippen molar-refractivity contribution in [2.24, 2.45) is 7.05 Å². The molecule has 18 heavy (non-hydrogen) atoms. The number of aromatic nitrogens is 2. The molecule has 0 aliphatic rings. The quantitative estimate of drug-likeness (QED) is 0.719. The van der Waals surface area contributed by atoms with E-state index in [1.165, 1.54) is 18.1 Å². The van der Waals surface area contributed by atoms with Crippen LogP contribution in [0.2, 0.25) is 0 Å². The number of carbonyl (C=O) groups excluding carboxylic acids is 1. The number of hydrogen-bond donors (Lipinski definition) is 1. The maximum atomic E-state index is 11.7. The molecule has 6 heteroatoms. The maximum Gasteiger partial charge on any atom is 0.246 e. The van der Waals surface area contributed by atoms with E-state index in [1.807, 2.05) is 13.2 Å². The topological polar surface area (TPSA) is 67.6 Å². The summed E-state index contributed by atoms with van der Waals surface area (Å²) in [6.07, 6.45) is 5.95. The van der Waals surface area contributed by atoms with Gasteiger partial charge in [-0.05, 0) is 6.08 Å². The predicted octanol–water partition coefficient (Wildman–Crippen LogP) is -0.101. The molecule has 1 N–H and O–H groups in total. The molecular formula is C12H19N3O3. The summed E-state index contributed by atoms with van der Waals surface area (Å²) in [6, 6.07) is 0. The third-order valence-corrected chi connectivity index (χ3v) is 2.36. The third-order valence-electron chi connectivity index (χ3n) is 2.36. The van der Waals surface area contributed by atoms with Gasteiger partial charge in [0.2, 0.25) is 5.91 Å². The molecule has 100 valence electrons. The summed E-state index contributed by atoms with van der Waals surface area (Å²) >= 11 is 0.